The molecule has 6 heteroatoms. The Morgan fingerprint density at radius 1 is 1.16 bits per heavy atom. The number of aromatic nitrogens is 2. The third-order valence-electron chi connectivity index (χ3n) is 2.67. The lowest BCUT2D eigenvalue weighted by Gasteiger charge is -2.19. The van der Waals surface area contributed by atoms with E-state index in [1.165, 1.54) is 23.4 Å². The first-order chi connectivity index (χ1) is 9.11. The van der Waals surface area contributed by atoms with Gasteiger partial charge in [-0.25, -0.2) is 14.4 Å². The van der Waals surface area contributed by atoms with Crippen LogP contribution >= 0.6 is 0 Å². The lowest BCUT2D eigenvalue weighted by Crippen LogP contribution is -2.15. The van der Waals surface area contributed by atoms with Gasteiger partial charge in [-0.3, -0.25) is 4.90 Å². The smallest absolute Gasteiger partial charge is 0.185 e. The quantitative estimate of drug-likeness (QED) is 0.623. The number of hydrogen-bond acceptors (Lipinski definition) is 5. The van der Waals surface area contributed by atoms with E-state index in [-0.39, 0.29) is 5.82 Å². The monoisotopic (exact) mass is 257 g/mol. The fourth-order valence-corrected chi connectivity index (χ4v) is 1.57. The first-order valence-electron chi connectivity index (χ1n) is 5.56. The van der Waals surface area contributed by atoms with Gasteiger partial charge in [0, 0.05) is 25.8 Å². The average molecular weight is 257 g/mol. The third-order valence-corrected chi connectivity index (χ3v) is 2.67. The van der Waals surface area contributed by atoms with Crippen LogP contribution in [0.2, 0.25) is 0 Å². The van der Waals surface area contributed by atoms with Crippen molar-refractivity contribution in [2.45, 2.75) is 0 Å². The lowest BCUT2D eigenvalue weighted by atomic mass is 10.3. The van der Waals surface area contributed by atoms with Gasteiger partial charge in [-0.15, -0.1) is 0 Å². The summed E-state index contributed by atoms with van der Waals surface area (Å²) in [5, 5.41) is 8.82. The number of benzene rings is 1. The molecular formula is C13H12FN5. The molecule has 0 fully saturated rings. The number of nitriles is 1. The molecule has 0 radical (unpaired) electrons. The molecule has 0 N–H and O–H groups in total. The maximum Gasteiger partial charge on any atom is 0.185 e. The topological polar surface area (TPSA) is 56.1 Å². The Morgan fingerprint density at radius 2 is 1.89 bits per heavy atom. The third kappa shape index (κ3) is 2.77. The Bertz CT molecular complexity index is 622. The van der Waals surface area contributed by atoms with Crippen molar-refractivity contribution in [2.75, 3.05) is 23.9 Å². The van der Waals surface area contributed by atoms with Crippen molar-refractivity contribution in [3.63, 3.8) is 0 Å². The molecule has 96 valence electrons. The van der Waals surface area contributed by atoms with Crippen LogP contribution in [-0.4, -0.2) is 24.1 Å². The molecule has 0 bridgehead atoms. The van der Waals surface area contributed by atoms with Crippen molar-refractivity contribution in [3.8, 4) is 6.19 Å². The van der Waals surface area contributed by atoms with Crippen LogP contribution in [0.15, 0.2) is 36.7 Å². The summed E-state index contributed by atoms with van der Waals surface area (Å²) >= 11 is 0. The highest BCUT2D eigenvalue weighted by Gasteiger charge is 2.09. The van der Waals surface area contributed by atoms with Crippen LogP contribution in [0.3, 0.4) is 0 Å². The zero-order valence-corrected chi connectivity index (χ0v) is 10.6. The number of halogens is 1. The summed E-state index contributed by atoms with van der Waals surface area (Å²) in [5.41, 5.74) is 0.671. The molecule has 0 amide bonds. The SMILES string of the molecule is CN(C#N)c1cc(N(C)c2cccc(F)c2)ncn1. The van der Waals surface area contributed by atoms with Crippen molar-refractivity contribution in [2.24, 2.45) is 0 Å². The zero-order chi connectivity index (χ0) is 13.8. The van der Waals surface area contributed by atoms with Gasteiger partial charge in [-0.05, 0) is 18.2 Å². The normalized spacial score (nSPS) is 9.79. The second-order valence-corrected chi connectivity index (χ2v) is 3.93. The Balaban J connectivity index is 2.34. The highest BCUT2D eigenvalue weighted by atomic mass is 19.1. The largest absolute Gasteiger partial charge is 0.329 e. The zero-order valence-electron chi connectivity index (χ0n) is 10.6. The van der Waals surface area contributed by atoms with Crippen LogP contribution in [0.5, 0.6) is 0 Å². The minimum absolute atomic E-state index is 0.312. The molecule has 19 heavy (non-hydrogen) atoms. The standard InChI is InChI=1S/C13H12FN5/c1-18(8-15)12-7-13(17-9-16-12)19(2)11-5-3-4-10(14)6-11/h3-7,9H,1-2H3. The Labute approximate surface area is 110 Å². The van der Waals surface area contributed by atoms with Crippen LogP contribution in [0.4, 0.5) is 21.7 Å². The van der Waals surface area contributed by atoms with E-state index < -0.39 is 0 Å². The first-order valence-corrected chi connectivity index (χ1v) is 5.56. The molecule has 0 aliphatic rings. The second kappa shape index (κ2) is 5.31. The summed E-state index contributed by atoms with van der Waals surface area (Å²) in [6, 6.07) is 7.86. The van der Waals surface area contributed by atoms with Gasteiger partial charge in [-0.1, -0.05) is 6.07 Å². The predicted octanol–water partition coefficient (Wildman–Crippen LogP) is 2.30. The number of nitrogens with zero attached hydrogens (tertiary/aromatic N) is 5. The number of anilines is 3. The summed E-state index contributed by atoms with van der Waals surface area (Å²) in [6.07, 6.45) is 3.33. The van der Waals surface area contributed by atoms with Crippen molar-refractivity contribution < 1.29 is 4.39 Å². The maximum atomic E-state index is 13.2. The summed E-state index contributed by atoms with van der Waals surface area (Å²) in [6.45, 7) is 0. The molecule has 1 aromatic heterocycles. The van der Waals surface area contributed by atoms with Gasteiger partial charge in [0.2, 0.25) is 0 Å². The summed E-state index contributed by atoms with van der Waals surface area (Å²) in [7, 11) is 3.38. The molecule has 1 aromatic carbocycles. The molecule has 1 heterocycles. The Morgan fingerprint density at radius 3 is 2.58 bits per heavy atom. The molecule has 2 aromatic rings. The molecule has 0 aliphatic carbocycles. The van der Waals surface area contributed by atoms with Gasteiger partial charge in [0.25, 0.3) is 0 Å². The Hall–Kier alpha value is -2.68. The van der Waals surface area contributed by atoms with E-state index in [0.717, 1.165) is 0 Å². The maximum absolute atomic E-state index is 13.2. The first kappa shape index (κ1) is 12.8. The van der Waals surface area contributed by atoms with Crippen LogP contribution in [0.25, 0.3) is 0 Å². The molecule has 0 spiro atoms. The van der Waals surface area contributed by atoms with Crippen LogP contribution in [0, 0.1) is 17.3 Å². The second-order valence-electron chi connectivity index (χ2n) is 3.93. The minimum Gasteiger partial charge on any atom is -0.329 e. The average Bonchev–Trinajstić information content (AvgIpc) is 2.45. The molecule has 0 saturated heterocycles. The Kier molecular flexibility index (Phi) is 3.57. The highest BCUT2D eigenvalue weighted by molar-refractivity contribution is 5.62. The summed E-state index contributed by atoms with van der Waals surface area (Å²) < 4.78 is 13.2. The molecular weight excluding hydrogens is 245 g/mol. The van der Waals surface area contributed by atoms with Crippen molar-refractivity contribution in [1.82, 2.24) is 9.97 Å². The van der Waals surface area contributed by atoms with E-state index in [0.29, 0.717) is 17.3 Å². The van der Waals surface area contributed by atoms with E-state index in [4.69, 9.17) is 5.26 Å². The van der Waals surface area contributed by atoms with Crippen molar-refractivity contribution in [1.29, 1.82) is 5.26 Å². The fourth-order valence-electron chi connectivity index (χ4n) is 1.57. The molecule has 0 saturated carbocycles. The van der Waals surface area contributed by atoms with Gasteiger partial charge >= 0.3 is 0 Å². The van der Waals surface area contributed by atoms with Gasteiger partial charge in [0.1, 0.15) is 23.8 Å². The summed E-state index contributed by atoms with van der Waals surface area (Å²) in [4.78, 5) is 11.2. The van der Waals surface area contributed by atoms with E-state index in [1.54, 1.807) is 37.2 Å². The van der Waals surface area contributed by atoms with E-state index in [2.05, 4.69) is 9.97 Å². The van der Waals surface area contributed by atoms with E-state index in [9.17, 15) is 4.39 Å². The molecule has 0 atom stereocenters. The molecule has 0 unspecified atom stereocenters. The fraction of sp³-hybridized carbons (Fsp3) is 0.154. The van der Waals surface area contributed by atoms with Crippen molar-refractivity contribution >= 4 is 17.3 Å². The van der Waals surface area contributed by atoms with Gasteiger partial charge in [0.05, 0.1) is 0 Å². The number of rotatable bonds is 3. The van der Waals surface area contributed by atoms with Gasteiger partial charge < -0.3 is 4.90 Å². The molecule has 5 nitrogen and oxygen atoms in total. The lowest BCUT2D eigenvalue weighted by molar-refractivity contribution is 0.628. The van der Waals surface area contributed by atoms with Crippen LogP contribution < -0.4 is 9.80 Å². The van der Waals surface area contributed by atoms with Crippen molar-refractivity contribution in [3.05, 3.63) is 42.5 Å². The molecule has 2 rings (SSSR count). The van der Waals surface area contributed by atoms with Gasteiger partial charge in [0.15, 0.2) is 6.19 Å². The minimum atomic E-state index is -0.312. The van der Waals surface area contributed by atoms with Crippen LogP contribution in [0.1, 0.15) is 0 Å². The number of hydrogen-bond donors (Lipinski definition) is 0. The van der Waals surface area contributed by atoms with Crippen LogP contribution in [-0.2, 0) is 0 Å². The summed E-state index contributed by atoms with van der Waals surface area (Å²) in [5.74, 6) is 0.751. The molecule has 0 aliphatic heterocycles. The van der Waals surface area contributed by atoms with E-state index in [1.807, 2.05) is 6.19 Å². The van der Waals surface area contributed by atoms with Gasteiger partial charge in [-0.2, -0.15) is 5.26 Å². The predicted molar refractivity (Wildman–Crippen MR) is 70.5 cm³/mol. The van der Waals surface area contributed by atoms with E-state index >= 15 is 0 Å². The highest BCUT2D eigenvalue weighted by Crippen LogP contribution is 2.23.